The van der Waals surface area contributed by atoms with Crippen molar-refractivity contribution in [3.63, 3.8) is 0 Å². The van der Waals surface area contributed by atoms with E-state index in [1.165, 1.54) is 44.5 Å². The number of rotatable bonds is 6. The lowest BCUT2D eigenvalue weighted by molar-refractivity contribution is -0.385. The molecule has 0 atom stereocenters. The van der Waals surface area contributed by atoms with E-state index in [0.717, 1.165) is 12.1 Å². The van der Waals surface area contributed by atoms with E-state index in [2.05, 4.69) is 10.0 Å². The van der Waals surface area contributed by atoms with Gasteiger partial charge in [-0.05, 0) is 24.3 Å². The zero-order valence-electron chi connectivity index (χ0n) is 13.3. The van der Waals surface area contributed by atoms with Gasteiger partial charge in [-0.1, -0.05) is 6.07 Å². The summed E-state index contributed by atoms with van der Waals surface area (Å²) in [5, 5.41) is 13.3. The molecule has 0 heterocycles. The summed E-state index contributed by atoms with van der Waals surface area (Å²) < 4.78 is 32.4. The van der Waals surface area contributed by atoms with Gasteiger partial charge >= 0.3 is 0 Å². The molecule has 0 aliphatic carbocycles. The van der Waals surface area contributed by atoms with Crippen LogP contribution in [0.25, 0.3) is 0 Å². The molecule has 132 valence electrons. The zero-order chi connectivity index (χ0) is 18.6. The Morgan fingerprint density at radius 1 is 1.20 bits per heavy atom. The van der Waals surface area contributed by atoms with Crippen LogP contribution in [0.15, 0.2) is 47.4 Å². The van der Waals surface area contributed by atoms with Crippen LogP contribution < -0.4 is 14.8 Å². The van der Waals surface area contributed by atoms with Gasteiger partial charge in [-0.25, -0.2) is 8.42 Å². The highest BCUT2D eigenvalue weighted by Gasteiger charge is 2.23. The summed E-state index contributed by atoms with van der Waals surface area (Å²) >= 11 is 0. The van der Waals surface area contributed by atoms with Crippen molar-refractivity contribution in [2.45, 2.75) is 4.90 Å². The number of nitro benzene ring substituents is 1. The van der Waals surface area contributed by atoms with Gasteiger partial charge in [0.25, 0.3) is 21.6 Å². The number of nitrogens with zero attached hydrogens (tertiary/aromatic N) is 1. The molecule has 2 N–H and O–H groups in total. The van der Waals surface area contributed by atoms with Crippen molar-refractivity contribution in [2.75, 3.05) is 18.9 Å². The number of ether oxygens (including phenoxy) is 1. The lowest BCUT2D eigenvalue weighted by atomic mass is 10.2. The molecule has 2 aromatic rings. The van der Waals surface area contributed by atoms with Crippen molar-refractivity contribution in [2.24, 2.45) is 0 Å². The van der Waals surface area contributed by atoms with Gasteiger partial charge in [0, 0.05) is 30.4 Å². The first kappa shape index (κ1) is 18.2. The number of nitrogens with one attached hydrogen (secondary N) is 2. The average Bonchev–Trinajstić information content (AvgIpc) is 2.60. The number of benzene rings is 2. The molecule has 0 saturated heterocycles. The van der Waals surface area contributed by atoms with Gasteiger partial charge in [-0.15, -0.1) is 0 Å². The van der Waals surface area contributed by atoms with Gasteiger partial charge < -0.3 is 10.1 Å². The van der Waals surface area contributed by atoms with Crippen LogP contribution in [-0.2, 0) is 10.0 Å². The lowest BCUT2D eigenvalue weighted by Gasteiger charge is -2.12. The molecule has 0 saturated carbocycles. The Bertz CT molecular complexity index is 927. The number of carbonyl (C=O) groups is 1. The maximum Gasteiger partial charge on any atom is 0.271 e. The van der Waals surface area contributed by atoms with E-state index < -0.39 is 14.9 Å². The number of amides is 1. The highest BCUT2D eigenvalue weighted by molar-refractivity contribution is 7.92. The van der Waals surface area contributed by atoms with E-state index in [-0.39, 0.29) is 33.5 Å². The molecule has 10 heteroatoms. The second-order valence-corrected chi connectivity index (χ2v) is 6.51. The first-order valence-corrected chi connectivity index (χ1v) is 8.44. The Morgan fingerprint density at radius 2 is 1.92 bits per heavy atom. The molecule has 0 spiro atoms. The third-order valence-corrected chi connectivity index (χ3v) is 4.65. The molecule has 0 bridgehead atoms. The van der Waals surface area contributed by atoms with Crippen molar-refractivity contribution < 1.29 is 22.9 Å². The largest absolute Gasteiger partial charge is 0.495 e. The van der Waals surface area contributed by atoms with E-state index >= 15 is 0 Å². The highest BCUT2D eigenvalue weighted by atomic mass is 32.2. The van der Waals surface area contributed by atoms with Gasteiger partial charge in [-0.3, -0.25) is 19.6 Å². The van der Waals surface area contributed by atoms with Gasteiger partial charge in [0.2, 0.25) is 0 Å². The molecule has 0 unspecified atom stereocenters. The number of methoxy groups -OCH3 is 1. The standard InChI is InChI=1S/C15H15N3O6S/c1-16-15(19)10-4-3-5-11(8-10)17-25(22,23)14-9-12(18(20)21)6-7-13(14)24-2/h3-9,17H,1-2H3,(H,16,19). The van der Waals surface area contributed by atoms with Crippen molar-refractivity contribution in [3.05, 3.63) is 58.1 Å². The number of nitro groups is 1. The molecular weight excluding hydrogens is 350 g/mol. The van der Waals surface area contributed by atoms with E-state index in [4.69, 9.17) is 4.74 Å². The number of hydrogen-bond donors (Lipinski definition) is 2. The molecule has 0 aromatic heterocycles. The fourth-order valence-corrected chi connectivity index (χ4v) is 3.31. The fraction of sp³-hybridized carbons (Fsp3) is 0.133. The van der Waals surface area contributed by atoms with Crippen molar-refractivity contribution >= 4 is 27.3 Å². The number of anilines is 1. The van der Waals surface area contributed by atoms with Crippen molar-refractivity contribution in [3.8, 4) is 5.75 Å². The molecule has 0 radical (unpaired) electrons. The molecule has 9 nitrogen and oxygen atoms in total. The zero-order valence-corrected chi connectivity index (χ0v) is 14.2. The Hall–Kier alpha value is -3.14. The maximum atomic E-state index is 12.6. The second kappa shape index (κ2) is 7.18. The molecule has 0 aliphatic heterocycles. The van der Waals surface area contributed by atoms with Crippen LogP contribution in [0, 0.1) is 10.1 Å². The number of sulfonamides is 1. The molecule has 0 fully saturated rings. The van der Waals surface area contributed by atoms with Gasteiger partial charge in [0.1, 0.15) is 10.6 Å². The van der Waals surface area contributed by atoms with Gasteiger partial charge in [0.15, 0.2) is 0 Å². The topological polar surface area (TPSA) is 128 Å². The van der Waals surface area contributed by atoms with E-state index in [1.54, 1.807) is 0 Å². The van der Waals surface area contributed by atoms with E-state index in [9.17, 15) is 23.3 Å². The first-order valence-electron chi connectivity index (χ1n) is 6.96. The summed E-state index contributed by atoms with van der Waals surface area (Å²) in [7, 11) is -1.46. The Balaban J connectivity index is 2.44. The fourth-order valence-electron chi connectivity index (χ4n) is 2.07. The van der Waals surface area contributed by atoms with Crippen molar-refractivity contribution in [1.29, 1.82) is 0 Å². The number of carbonyl (C=O) groups excluding carboxylic acids is 1. The van der Waals surface area contributed by atoms with Crippen LogP contribution in [0.5, 0.6) is 5.75 Å². The normalized spacial score (nSPS) is 10.8. The first-order chi connectivity index (χ1) is 11.8. The monoisotopic (exact) mass is 365 g/mol. The summed E-state index contributed by atoms with van der Waals surface area (Å²) in [6, 6.07) is 9.08. The van der Waals surface area contributed by atoms with Crippen LogP contribution in [0.4, 0.5) is 11.4 Å². The third-order valence-electron chi connectivity index (χ3n) is 3.25. The summed E-state index contributed by atoms with van der Waals surface area (Å²) in [4.78, 5) is 21.5. The van der Waals surface area contributed by atoms with Crippen LogP contribution in [0.2, 0.25) is 0 Å². The van der Waals surface area contributed by atoms with Crippen molar-refractivity contribution in [1.82, 2.24) is 5.32 Å². The SMILES string of the molecule is CNC(=O)c1cccc(NS(=O)(=O)c2cc([N+](=O)[O-])ccc2OC)c1. The van der Waals surface area contributed by atoms with Crippen LogP contribution in [0.3, 0.4) is 0 Å². The summed E-state index contributed by atoms with van der Waals surface area (Å²) in [5.41, 5.74) is 0.00338. The minimum absolute atomic E-state index is 0.0412. The lowest BCUT2D eigenvalue weighted by Crippen LogP contribution is -2.18. The molecule has 2 rings (SSSR count). The molecular formula is C15H15N3O6S. The Labute approximate surface area is 143 Å². The predicted molar refractivity (Wildman–Crippen MR) is 90.3 cm³/mol. The maximum absolute atomic E-state index is 12.6. The summed E-state index contributed by atoms with van der Waals surface area (Å²) in [6.07, 6.45) is 0. The average molecular weight is 365 g/mol. The minimum Gasteiger partial charge on any atom is -0.495 e. The quantitative estimate of drug-likeness (QED) is 0.593. The number of hydrogen-bond acceptors (Lipinski definition) is 6. The minimum atomic E-state index is -4.17. The molecule has 1 amide bonds. The van der Waals surface area contributed by atoms with Gasteiger partial charge in [0.05, 0.1) is 12.0 Å². The molecule has 2 aromatic carbocycles. The van der Waals surface area contributed by atoms with Crippen LogP contribution in [0.1, 0.15) is 10.4 Å². The Morgan fingerprint density at radius 3 is 2.52 bits per heavy atom. The molecule has 25 heavy (non-hydrogen) atoms. The van der Waals surface area contributed by atoms with Gasteiger partial charge in [-0.2, -0.15) is 0 Å². The predicted octanol–water partition coefficient (Wildman–Crippen LogP) is 1.76. The molecule has 0 aliphatic rings. The van der Waals surface area contributed by atoms with Crippen LogP contribution >= 0.6 is 0 Å². The number of non-ortho nitro benzene ring substituents is 1. The van der Waals surface area contributed by atoms with E-state index in [0.29, 0.717) is 0 Å². The Kier molecular flexibility index (Phi) is 5.22. The summed E-state index contributed by atoms with van der Waals surface area (Å²) in [5.74, 6) is -0.422. The third kappa shape index (κ3) is 4.04. The van der Waals surface area contributed by atoms with E-state index in [1.807, 2.05) is 0 Å². The smallest absolute Gasteiger partial charge is 0.271 e. The summed E-state index contributed by atoms with van der Waals surface area (Å²) in [6.45, 7) is 0. The second-order valence-electron chi connectivity index (χ2n) is 4.86. The van der Waals surface area contributed by atoms with Crippen LogP contribution in [-0.4, -0.2) is 33.4 Å². The highest BCUT2D eigenvalue weighted by Crippen LogP contribution is 2.29.